The molecule has 24 heavy (non-hydrogen) atoms. The van der Waals surface area contributed by atoms with Crippen LogP contribution in [0.1, 0.15) is 15.4 Å². The molecule has 0 saturated carbocycles. The fraction of sp³-hybridized carbons (Fsp3) is 0.0588. The monoisotopic (exact) mass is 339 g/mol. The number of nitrogens with one attached hydrogen (secondary N) is 1. The number of nitro benzene ring substituents is 1. The molecule has 3 rings (SSSR count). The van der Waals surface area contributed by atoms with Gasteiger partial charge in [-0.05, 0) is 25.1 Å². The molecule has 0 fully saturated rings. The molecule has 1 aromatic heterocycles. The third-order valence-corrected chi connectivity index (χ3v) is 4.18. The van der Waals surface area contributed by atoms with Crippen molar-refractivity contribution in [2.75, 3.05) is 5.32 Å². The Morgan fingerprint density at radius 2 is 1.88 bits per heavy atom. The number of nitrogens with zero attached hydrogens (tertiary/aromatic N) is 2. The molecule has 7 heteroatoms. The van der Waals surface area contributed by atoms with E-state index in [4.69, 9.17) is 0 Å². The number of hydrogen-bond acceptors (Lipinski definition) is 5. The first-order valence-corrected chi connectivity index (χ1v) is 8.00. The van der Waals surface area contributed by atoms with E-state index in [0.29, 0.717) is 5.69 Å². The van der Waals surface area contributed by atoms with Gasteiger partial charge in [-0.3, -0.25) is 14.9 Å². The lowest BCUT2D eigenvalue weighted by atomic mass is 10.1. The van der Waals surface area contributed by atoms with Crippen molar-refractivity contribution in [3.8, 4) is 11.3 Å². The van der Waals surface area contributed by atoms with Crippen LogP contribution < -0.4 is 5.32 Å². The number of anilines is 1. The van der Waals surface area contributed by atoms with Crippen LogP contribution in [0.5, 0.6) is 0 Å². The van der Waals surface area contributed by atoms with Crippen molar-refractivity contribution in [2.24, 2.45) is 0 Å². The van der Waals surface area contributed by atoms with Gasteiger partial charge in [-0.1, -0.05) is 24.3 Å². The van der Waals surface area contributed by atoms with Gasteiger partial charge in [-0.2, -0.15) is 0 Å². The highest BCUT2D eigenvalue weighted by molar-refractivity contribution is 7.09. The van der Waals surface area contributed by atoms with E-state index < -0.39 is 10.8 Å². The number of aryl methyl sites for hydroxylation is 1. The van der Waals surface area contributed by atoms with Crippen LogP contribution in [-0.2, 0) is 0 Å². The summed E-state index contributed by atoms with van der Waals surface area (Å²) in [5.41, 5.74) is 2.21. The zero-order valence-corrected chi connectivity index (χ0v) is 13.5. The molecule has 0 aliphatic heterocycles. The van der Waals surface area contributed by atoms with E-state index in [1.165, 1.54) is 18.2 Å². The van der Waals surface area contributed by atoms with Crippen LogP contribution in [0.4, 0.5) is 11.4 Å². The average Bonchev–Trinajstić information content (AvgIpc) is 3.02. The van der Waals surface area contributed by atoms with Gasteiger partial charge in [0.2, 0.25) is 0 Å². The number of aromatic nitrogens is 1. The zero-order valence-electron chi connectivity index (χ0n) is 12.7. The van der Waals surface area contributed by atoms with Crippen molar-refractivity contribution in [2.45, 2.75) is 6.92 Å². The molecule has 0 atom stereocenters. The summed E-state index contributed by atoms with van der Waals surface area (Å²) in [6.07, 6.45) is 0. The van der Waals surface area contributed by atoms with Gasteiger partial charge in [0.25, 0.3) is 11.6 Å². The number of hydrogen-bond donors (Lipinski definition) is 1. The fourth-order valence-electron chi connectivity index (χ4n) is 2.24. The van der Waals surface area contributed by atoms with Crippen molar-refractivity contribution in [1.82, 2.24) is 4.98 Å². The fourth-order valence-corrected chi connectivity index (χ4v) is 2.87. The molecule has 1 amide bonds. The van der Waals surface area contributed by atoms with E-state index >= 15 is 0 Å². The Morgan fingerprint density at radius 1 is 1.17 bits per heavy atom. The van der Waals surface area contributed by atoms with Gasteiger partial charge in [0.1, 0.15) is 5.56 Å². The summed E-state index contributed by atoms with van der Waals surface area (Å²) in [5, 5.41) is 16.6. The van der Waals surface area contributed by atoms with Crippen LogP contribution in [0.15, 0.2) is 53.9 Å². The smallest absolute Gasteiger partial charge is 0.282 e. The van der Waals surface area contributed by atoms with Gasteiger partial charge in [0.05, 0.1) is 15.6 Å². The van der Waals surface area contributed by atoms with Crippen LogP contribution in [0, 0.1) is 17.0 Å². The highest BCUT2D eigenvalue weighted by atomic mass is 32.1. The molecular weight excluding hydrogens is 326 g/mol. The molecule has 0 bridgehead atoms. The third kappa shape index (κ3) is 3.31. The first-order valence-electron chi connectivity index (χ1n) is 7.12. The molecule has 0 aliphatic carbocycles. The van der Waals surface area contributed by atoms with Gasteiger partial charge in [0.15, 0.2) is 0 Å². The number of thiazole rings is 1. The molecule has 3 aromatic rings. The number of para-hydroxylation sites is 1. The maximum atomic E-state index is 12.3. The molecule has 0 unspecified atom stereocenters. The van der Waals surface area contributed by atoms with Crippen molar-refractivity contribution in [3.05, 3.63) is 74.6 Å². The second-order valence-electron chi connectivity index (χ2n) is 5.06. The summed E-state index contributed by atoms with van der Waals surface area (Å²) < 4.78 is 0. The molecule has 0 spiro atoms. The van der Waals surface area contributed by atoms with Gasteiger partial charge in [-0.25, -0.2) is 4.98 Å². The van der Waals surface area contributed by atoms with Crippen molar-refractivity contribution in [1.29, 1.82) is 0 Å². The van der Waals surface area contributed by atoms with E-state index in [1.54, 1.807) is 29.5 Å². The van der Waals surface area contributed by atoms with Gasteiger partial charge >= 0.3 is 0 Å². The third-order valence-electron chi connectivity index (χ3n) is 3.40. The van der Waals surface area contributed by atoms with Crippen LogP contribution in [-0.4, -0.2) is 15.8 Å². The Bertz CT molecular complexity index is 903. The number of rotatable bonds is 4. The molecule has 0 radical (unpaired) electrons. The van der Waals surface area contributed by atoms with Crippen molar-refractivity contribution in [3.63, 3.8) is 0 Å². The lowest BCUT2D eigenvalue weighted by Crippen LogP contribution is -2.13. The summed E-state index contributed by atoms with van der Waals surface area (Å²) in [4.78, 5) is 27.1. The summed E-state index contributed by atoms with van der Waals surface area (Å²) >= 11 is 1.57. The Morgan fingerprint density at radius 3 is 2.50 bits per heavy atom. The van der Waals surface area contributed by atoms with Gasteiger partial charge in [-0.15, -0.1) is 11.3 Å². The number of amides is 1. The zero-order chi connectivity index (χ0) is 17.1. The SMILES string of the molecule is Cc1nc(-c2ccc(NC(=O)c3ccccc3[N+](=O)[O-])cc2)cs1. The van der Waals surface area contributed by atoms with E-state index in [0.717, 1.165) is 16.3 Å². The molecule has 6 nitrogen and oxygen atoms in total. The highest BCUT2D eigenvalue weighted by Crippen LogP contribution is 2.24. The maximum absolute atomic E-state index is 12.3. The molecule has 120 valence electrons. The Labute approximate surface area is 141 Å². The quantitative estimate of drug-likeness (QED) is 0.568. The second kappa shape index (κ2) is 6.59. The number of benzene rings is 2. The van der Waals surface area contributed by atoms with Crippen LogP contribution in [0.25, 0.3) is 11.3 Å². The van der Waals surface area contributed by atoms with Gasteiger partial charge in [0, 0.05) is 22.7 Å². The number of carbonyl (C=O) groups excluding carboxylic acids is 1. The van der Waals surface area contributed by atoms with E-state index in [1.807, 2.05) is 24.4 Å². The van der Waals surface area contributed by atoms with Gasteiger partial charge < -0.3 is 5.32 Å². The van der Waals surface area contributed by atoms with Crippen LogP contribution >= 0.6 is 11.3 Å². The second-order valence-corrected chi connectivity index (χ2v) is 6.12. The Hall–Kier alpha value is -3.06. The number of carbonyl (C=O) groups is 1. The lowest BCUT2D eigenvalue weighted by Gasteiger charge is -2.06. The summed E-state index contributed by atoms with van der Waals surface area (Å²) in [5.74, 6) is -0.514. The summed E-state index contributed by atoms with van der Waals surface area (Å²) in [6, 6.07) is 13.1. The van der Waals surface area contributed by atoms with Crippen LogP contribution in [0.2, 0.25) is 0 Å². The maximum Gasteiger partial charge on any atom is 0.282 e. The minimum atomic E-state index is -0.567. The Balaban J connectivity index is 1.79. The minimum Gasteiger partial charge on any atom is -0.322 e. The molecule has 1 heterocycles. The lowest BCUT2D eigenvalue weighted by molar-refractivity contribution is -0.385. The van der Waals surface area contributed by atoms with E-state index in [2.05, 4.69) is 10.3 Å². The molecule has 1 N–H and O–H groups in total. The van der Waals surface area contributed by atoms with Crippen molar-refractivity contribution < 1.29 is 9.72 Å². The first kappa shape index (κ1) is 15.8. The van der Waals surface area contributed by atoms with E-state index in [9.17, 15) is 14.9 Å². The molecule has 0 saturated heterocycles. The summed E-state index contributed by atoms with van der Waals surface area (Å²) in [7, 11) is 0. The predicted molar refractivity (Wildman–Crippen MR) is 93.3 cm³/mol. The normalized spacial score (nSPS) is 10.4. The average molecular weight is 339 g/mol. The van der Waals surface area contributed by atoms with E-state index in [-0.39, 0.29) is 11.3 Å². The van der Waals surface area contributed by atoms with Crippen molar-refractivity contribution >= 4 is 28.6 Å². The first-order chi connectivity index (χ1) is 11.5. The Kier molecular flexibility index (Phi) is 4.35. The highest BCUT2D eigenvalue weighted by Gasteiger charge is 2.19. The number of nitro groups is 1. The van der Waals surface area contributed by atoms with Crippen LogP contribution in [0.3, 0.4) is 0 Å². The minimum absolute atomic E-state index is 0.0294. The topological polar surface area (TPSA) is 85.1 Å². The molecule has 0 aliphatic rings. The predicted octanol–water partition coefficient (Wildman–Crippen LogP) is 4.28. The summed E-state index contributed by atoms with van der Waals surface area (Å²) in [6.45, 7) is 1.94. The standard InChI is InChI=1S/C17H13N3O3S/c1-11-18-15(10-24-11)12-6-8-13(9-7-12)19-17(21)14-4-2-3-5-16(14)20(22)23/h2-10H,1H3,(H,19,21). The molecule has 2 aromatic carbocycles. The molecular formula is C17H13N3O3S. The largest absolute Gasteiger partial charge is 0.322 e.